The van der Waals surface area contributed by atoms with Crippen LogP contribution < -0.4 is 0 Å². The second-order valence-electron chi connectivity index (χ2n) is 4.87. The molecule has 0 saturated carbocycles. The van der Waals surface area contributed by atoms with E-state index in [9.17, 15) is 13.6 Å². The molecule has 1 aromatic carbocycles. The van der Waals surface area contributed by atoms with Gasteiger partial charge >= 0.3 is 5.97 Å². The molecule has 0 heterocycles. The van der Waals surface area contributed by atoms with Crippen molar-refractivity contribution in [3.8, 4) is 0 Å². The van der Waals surface area contributed by atoms with Crippen LogP contribution in [0.5, 0.6) is 0 Å². The van der Waals surface area contributed by atoms with Gasteiger partial charge in [-0.2, -0.15) is 0 Å². The van der Waals surface area contributed by atoms with Crippen LogP contribution in [-0.2, 0) is 4.74 Å². The summed E-state index contributed by atoms with van der Waals surface area (Å²) in [4.78, 5) is 11.3. The van der Waals surface area contributed by atoms with Gasteiger partial charge < -0.3 is 4.74 Å². The van der Waals surface area contributed by atoms with E-state index in [1.54, 1.807) is 12.1 Å². The van der Waals surface area contributed by atoms with E-state index < -0.39 is 23.7 Å². The molecule has 0 fully saturated rings. The van der Waals surface area contributed by atoms with Crippen molar-refractivity contribution in [2.75, 3.05) is 7.11 Å². The number of alkyl halides is 2. The van der Waals surface area contributed by atoms with Crippen LogP contribution in [0.3, 0.4) is 0 Å². The molecule has 0 radical (unpaired) electrons. The van der Waals surface area contributed by atoms with E-state index in [4.69, 9.17) is 0 Å². The third-order valence-corrected chi connectivity index (χ3v) is 3.15. The van der Waals surface area contributed by atoms with Gasteiger partial charge in [-0.15, -0.1) is 0 Å². The van der Waals surface area contributed by atoms with E-state index in [0.717, 1.165) is 0 Å². The highest BCUT2D eigenvalue weighted by atomic mass is 19.2. The molecule has 0 unspecified atom stereocenters. The summed E-state index contributed by atoms with van der Waals surface area (Å²) in [5.41, 5.74) is -1.07. The van der Waals surface area contributed by atoms with Crippen LogP contribution in [0.4, 0.5) is 8.78 Å². The molecule has 2 atom stereocenters. The zero-order valence-corrected chi connectivity index (χ0v) is 11.0. The number of hydrogen-bond donors (Lipinski definition) is 0. The van der Waals surface area contributed by atoms with Crippen LogP contribution in [0.2, 0.25) is 0 Å². The number of methoxy groups -OCH3 is 1. The van der Waals surface area contributed by atoms with E-state index in [-0.39, 0.29) is 11.1 Å². The molecule has 0 aliphatic heterocycles. The van der Waals surface area contributed by atoms with Crippen molar-refractivity contribution >= 4 is 5.97 Å². The van der Waals surface area contributed by atoms with Crippen molar-refractivity contribution < 1.29 is 18.3 Å². The summed E-state index contributed by atoms with van der Waals surface area (Å²) >= 11 is 0. The first-order valence-corrected chi connectivity index (χ1v) is 5.78. The molecule has 1 aromatic rings. The molecule has 1 rings (SSSR count). The monoisotopic (exact) mass is 256 g/mol. The molecular weight excluding hydrogens is 238 g/mol. The number of halogens is 2. The molecule has 4 heteroatoms. The second-order valence-corrected chi connectivity index (χ2v) is 4.87. The molecule has 2 nitrogen and oxygen atoms in total. The predicted octanol–water partition coefficient (Wildman–Crippen LogP) is 3.87. The third kappa shape index (κ3) is 3.28. The fourth-order valence-corrected chi connectivity index (χ4v) is 1.59. The van der Waals surface area contributed by atoms with Crippen molar-refractivity contribution in [1.82, 2.24) is 0 Å². The van der Waals surface area contributed by atoms with Gasteiger partial charge in [-0.05, 0) is 31.5 Å². The van der Waals surface area contributed by atoms with E-state index >= 15 is 0 Å². The van der Waals surface area contributed by atoms with Gasteiger partial charge in [-0.3, -0.25) is 0 Å². The minimum atomic E-state index is -1.62. The van der Waals surface area contributed by atoms with Crippen LogP contribution in [0.15, 0.2) is 24.3 Å². The Morgan fingerprint density at radius 3 is 2.50 bits per heavy atom. The smallest absolute Gasteiger partial charge is 0.337 e. The van der Waals surface area contributed by atoms with Crippen LogP contribution in [0.1, 0.15) is 42.9 Å². The molecule has 0 N–H and O–H groups in total. The number of benzene rings is 1. The van der Waals surface area contributed by atoms with Gasteiger partial charge in [-0.25, -0.2) is 13.6 Å². The SMILES string of the molecule is COC(=O)c1cccc([C@H](F)[C@@H](C)C(C)(C)F)c1. The molecule has 100 valence electrons. The molecule has 0 bridgehead atoms. The van der Waals surface area contributed by atoms with E-state index in [2.05, 4.69) is 4.74 Å². The third-order valence-electron chi connectivity index (χ3n) is 3.15. The number of ether oxygens (including phenoxy) is 1. The van der Waals surface area contributed by atoms with Gasteiger partial charge in [0, 0.05) is 5.92 Å². The second kappa shape index (κ2) is 5.46. The molecule has 0 saturated heterocycles. The van der Waals surface area contributed by atoms with Crippen LogP contribution >= 0.6 is 0 Å². The highest BCUT2D eigenvalue weighted by Gasteiger charge is 2.33. The van der Waals surface area contributed by atoms with Crippen LogP contribution in [0.25, 0.3) is 0 Å². The molecule has 0 spiro atoms. The summed E-state index contributed by atoms with van der Waals surface area (Å²) in [6.45, 7) is 4.19. The predicted molar refractivity (Wildman–Crippen MR) is 66.0 cm³/mol. The van der Waals surface area contributed by atoms with Crippen molar-refractivity contribution in [3.63, 3.8) is 0 Å². The van der Waals surface area contributed by atoms with Gasteiger partial charge in [0.05, 0.1) is 12.7 Å². The quantitative estimate of drug-likeness (QED) is 0.764. The molecule has 18 heavy (non-hydrogen) atoms. The maximum Gasteiger partial charge on any atom is 0.337 e. The number of rotatable bonds is 4. The molecular formula is C14H18F2O2. The normalized spacial score (nSPS) is 15.0. The number of esters is 1. The summed E-state index contributed by atoms with van der Waals surface area (Å²) in [5.74, 6) is -1.33. The Morgan fingerprint density at radius 2 is 2.00 bits per heavy atom. The summed E-state index contributed by atoms with van der Waals surface area (Å²) in [5, 5.41) is 0. The Kier molecular flexibility index (Phi) is 4.43. The standard InChI is InChI=1S/C14H18F2O2/c1-9(14(2,3)16)12(15)10-6-5-7-11(8-10)13(17)18-4/h5-9,12H,1-4H3/t9-,12-/m1/s1. The van der Waals surface area contributed by atoms with Crippen molar-refractivity contribution in [2.24, 2.45) is 5.92 Å². The highest BCUT2D eigenvalue weighted by Crippen LogP contribution is 2.35. The first-order chi connectivity index (χ1) is 8.27. The fraction of sp³-hybridized carbons (Fsp3) is 0.500. The van der Waals surface area contributed by atoms with Crippen molar-refractivity contribution in [3.05, 3.63) is 35.4 Å². The average Bonchev–Trinajstić information content (AvgIpc) is 2.35. The Hall–Kier alpha value is -1.45. The first-order valence-electron chi connectivity index (χ1n) is 5.78. The summed E-state index contributed by atoms with van der Waals surface area (Å²) in [6, 6.07) is 6.04. The summed E-state index contributed by atoms with van der Waals surface area (Å²) < 4.78 is 32.5. The Bertz CT molecular complexity index is 424. The highest BCUT2D eigenvalue weighted by molar-refractivity contribution is 5.89. The van der Waals surface area contributed by atoms with Gasteiger partial charge in [-0.1, -0.05) is 19.1 Å². The number of carbonyl (C=O) groups is 1. The van der Waals surface area contributed by atoms with E-state index in [1.165, 1.54) is 40.0 Å². The van der Waals surface area contributed by atoms with E-state index in [1.807, 2.05) is 0 Å². The minimum Gasteiger partial charge on any atom is -0.465 e. The lowest BCUT2D eigenvalue weighted by Crippen LogP contribution is -2.27. The lowest BCUT2D eigenvalue weighted by Gasteiger charge is -2.26. The van der Waals surface area contributed by atoms with Gasteiger partial charge in [0.25, 0.3) is 0 Å². The number of carbonyl (C=O) groups excluding carboxylic acids is 1. The molecule has 0 amide bonds. The van der Waals surface area contributed by atoms with Gasteiger partial charge in [0.15, 0.2) is 0 Å². The van der Waals surface area contributed by atoms with Crippen molar-refractivity contribution in [2.45, 2.75) is 32.6 Å². The first kappa shape index (κ1) is 14.6. The zero-order valence-electron chi connectivity index (χ0n) is 11.0. The Balaban J connectivity index is 3.00. The molecule has 0 aliphatic rings. The summed E-state index contributed by atoms with van der Waals surface area (Å²) in [7, 11) is 1.26. The fourth-order valence-electron chi connectivity index (χ4n) is 1.59. The lowest BCUT2D eigenvalue weighted by atomic mass is 9.86. The maximum absolute atomic E-state index is 14.2. The Labute approximate surface area is 106 Å². The van der Waals surface area contributed by atoms with Gasteiger partial charge in [0.1, 0.15) is 11.8 Å². The molecule has 0 aliphatic carbocycles. The van der Waals surface area contributed by atoms with Gasteiger partial charge in [0.2, 0.25) is 0 Å². The average molecular weight is 256 g/mol. The van der Waals surface area contributed by atoms with Crippen molar-refractivity contribution in [1.29, 1.82) is 0 Å². The largest absolute Gasteiger partial charge is 0.465 e. The minimum absolute atomic E-state index is 0.265. The Morgan fingerprint density at radius 1 is 1.39 bits per heavy atom. The maximum atomic E-state index is 14.2. The van der Waals surface area contributed by atoms with E-state index in [0.29, 0.717) is 0 Å². The molecule has 0 aromatic heterocycles. The topological polar surface area (TPSA) is 26.3 Å². The van der Waals surface area contributed by atoms with Crippen LogP contribution in [-0.4, -0.2) is 18.7 Å². The number of hydrogen-bond acceptors (Lipinski definition) is 2. The lowest BCUT2D eigenvalue weighted by molar-refractivity contribution is 0.0599. The van der Waals surface area contributed by atoms with Crippen LogP contribution in [0, 0.1) is 5.92 Å². The zero-order chi connectivity index (χ0) is 13.9. The summed E-state index contributed by atoms with van der Waals surface area (Å²) in [6.07, 6.45) is -1.46.